The van der Waals surface area contributed by atoms with E-state index in [1.54, 1.807) is 0 Å². The molecule has 2 N–H and O–H groups in total. The highest BCUT2D eigenvalue weighted by Gasteiger charge is 2.32. The maximum atomic E-state index is 8.97. The van der Waals surface area contributed by atoms with Gasteiger partial charge in [-0.05, 0) is 48.2 Å². The van der Waals surface area contributed by atoms with Crippen molar-refractivity contribution in [3.05, 3.63) is 59.7 Å². The van der Waals surface area contributed by atoms with E-state index in [1.807, 2.05) is 24.3 Å². The molecule has 0 saturated carbocycles. The van der Waals surface area contributed by atoms with E-state index in [-0.39, 0.29) is 18.6 Å². The minimum Gasteiger partial charge on any atom is -0.491 e. The summed E-state index contributed by atoms with van der Waals surface area (Å²) in [7, 11) is 0. The molecule has 4 heteroatoms. The lowest BCUT2D eigenvalue weighted by atomic mass is 9.69. The molecular formula is C25H36O4. The molecule has 0 fully saturated rings. The van der Waals surface area contributed by atoms with Crippen molar-refractivity contribution in [1.29, 1.82) is 0 Å². The van der Waals surface area contributed by atoms with Gasteiger partial charge in [-0.2, -0.15) is 0 Å². The normalized spacial score (nSPS) is 11.4. The van der Waals surface area contributed by atoms with Gasteiger partial charge in [-0.15, -0.1) is 0 Å². The lowest BCUT2D eigenvalue weighted by Gasteiger charge is -2.35. The summed E-state index contributed by atoms with van der Waals surface area (Å²) in [5, 5.41) is 17.9. The SMILES string of the molecule is CCCCCCC(CC)(c1ccc(OCCO)cc1)c1ccc(OCCO)cc1. The monoisotopic (exact) mass is 400 g/mol. The summed E-state index contributed by atoms with van der Waals surface area (Å²) in [6.45, 7) is 5.15. The Morgan fingerprint density at radius 3 is 1.55 bits per heavy atom. The number of benzene rings is 2. The summed E-state index contributed by atoms with van der Waals surface area (Å²) >= 11 is 0. The number of ether oxygens (including phenoxy) is 2. The fraction of sp³-hybridized carbons (Fsp3) is 0.520. The lowest BCUT2D eigenvalue weighted by molar-refractivity contribution is 0.201. The smallest absolute Gasteiger partial charge is 0.119 e. The molecule has 0 aromatic heterocycles. The van der Waals surface area contributed by atoms with E-state index >= 15 is 0 Å². The van der Waals surface area contributed by atoms with Crippen molar-refractivity contribution >= 4 is 0 Å². The Balaban J connectivity index is 2.31. The molecule has 0 radical (unpaired) electrons. The third kappa shape index (κ3) is 6.48. The van der Waals surface area contributed by atoms with Crippen LogP contribution in [-0.2, 0) is 5.41 Å². The molecule has 2 rings (SSSR count). The quantitative estimate of drug-likeness (QED) is 0.433. The molecule has 0 aliphatic heterocycles. The molecule has 0 aliphatic rings. The second kappa shape index (κ2) is 12.5. The van der Waals surface area contributed by atoms with Crippen LogP contribution in [0.25, 0.3) is 0 Å². The maximum absolute atomic E-state index is 8.97. The highest BCUT2D eigenvalue weighted by molar-refractivity contribution is 5.43. The van der Waals surface area contributed by atoms with Gasteiger partial charge in [0.25, 0.3) is 0 Å². The number of hydrogen-bond donors (Lipinski definition) is 2. The minimum absolute atomic E-state index is 0.0166. The highest BCUT2D eigenvalue weighted by Crippen LogP contribution is 2.41. The molecule has 0 amide bonds. The first-order valence-electron chi connectivity index (χ1n) is 10.9. The van der Waals surface area contributed by atoms with Gasteiger partial charge in [0.05, 0.1) is 13.2 Å². The summed E-state index contributed by atoms with van der Waals surface area (Å²) in [4.78, 5) is 0. The van der Waals surface area contributed by atoms with Gasteiger partial charge in [-0.1, -0.05) is 63.8 Å². The maximum Gasteiger partial charge on any atom is 0.119 e. The summed E-state index contributed by atoms with van der Waals surface area (Å²) < 4.78 is 11.1. The van der Waals surface area contributed by atoms with E-state index in [0.29, 0.717) is 13.2 Å². The molecule has 4 nitrogen and oxygen atoms in total. The van der Waals surface area contributed by atoms with Crippen LogP contribution in [0.5, 0.6) is 11.5 Å². The Morgan fingerprint density at radius 2 is 1.17 bits per heavy atom. The second-order valence-corrected chi connectivity index (χ2v) is 7.44. The average Bonchev–Trinajstić information content (AvgIpc) is 2.78. The summed E-state index contributed by atoms with van der Waals surface area (Å²) in [5.74, 6) is 1.57. The molecule has 0 heterocycles. The Morgan fingerprint density at radius 1 is 0.690 bits per heavy atom. The molecular weight excluding hydrogens is 364 g/mol. The van der Waals surface area contributed by atoms with E-state index in [1.165, 1.54) is 36.8 Å². The van der Waals surface area contributed by atoms with Gasteiger partial charge in [0, 0.05) is 5.41 Å². The summed E-state index contributed by atoms with van der Waals surface area (Å²) in [6, 6.07) is 16.6. The molecule has 160 valence electrons. The van der Waals surface area contributed by atoms with Crippen LogP contribution in [0, 0.1) is 0 Å². The van der Waals surface area contributed by atoms with E-state index in [2.05, 4.69) is 38.1 Å². The van der Waals surface area contributed by atoms with Crippen LogP contribution in [-0.4, -0.2) is 36.6 Å². The van der Waals surface area contributed by atoms with Gasteiger partial charge in [0.15, 0.2) is 0 Å². The van der Waals surface area contributed by atoms with Crippen LogP contribution in [0.2, 0.25) is 0 Å². The zero-order valence-corrected chi connectivity index (χ0v) is 17.9. The van der Waals surface area contributed by atoms with Gasteiger partial charge >= 0.3 is 0 Å². The van der Waals surface area contributed by atoms with Crippen molar-refractivity contribution < 1.29 is 19.7 Å². The summed E-state index contributed by atoms with van der Waals surface area (Å²) in [6.07, 6.45) is 7.03. The first kappa shape index (κ1) is 23.2. The average molecular weight is 401 g/mol. The third-order valence-corrected chi connectivity index (χ3v) is 5.59. The van der Waals surface area contributed by atoms with Crippen molar-refractivity contribution in [3.63, 3.8) is 0 Å². The van der Waals surface area contributed by atoms with Crippen LogP contribution in [0.15, 0.2) is 48.5 Å². The number of rotatable bonds is 14. The second-order valence-electron chi connectivity index (χ2n) is 7.44. The van der Waals surface area contributed by atoms with E-state index in [4.69, 9.17) is 19.7 Å². The largest absolute Gasteiger partial charge is 0.491 e. The molecule has 0 atom stereocenters. The van der Waals surface area contributed by atoms with Gasteiger partial charge in [-0.25, -0.2) is 0 Å². The molecule has 2 aromatic rings. The fourth-order valence-corrected chi connectivity index (χ4v) is 3.96. The number of hydrogen-bond acceptors (Lipinski definition) is 4. The number of unbranched alkanes of at least 4 members (excludes halogenated alkanes) is 3. The Labute approximate surface area is 175 Å². The molecule has 0 saturated heterocycles. The molecule has 29 heavy (non-hydrogen) atoms. The Bertz CT molecular complexity index is 627. The van der Waals surface area contributed by atoms with Crippen molar-refractivity contribution in [3.8, 4) is 11.5 Å². The van der Waals surface area contributed by atoms with Crippen LogP contribution in [0.3, 0.4) is 0 Å². The van der Waals surface area contributed by atoms with E-state index in [9.17, 15) is 0 Å². The summed E-state index contributed by atoms with van der Waals surface area (Å²) in [5.41, 5.74) is 2.52. The van der Waals surface area contributed by atoms with Crippen molar-refractivity contribution in [2.45, 2.75) is 57.8 Å². The number of aliphatic hydroxyl groups excluding tert-OH is 2. The number of aliphatic hydroxyl groups is 2. The van der Waals surface area contributed by atoms with Gasteiger partial charge in [-0.3, -0.25) is 0 Å². The standard InChI is InChI=1S/C25H36O4/c1-3-5-6-7-16-25(4-2,21-8-12-23(13-9-21)28-19-17-26)22-10-14-24(15-11-22)29-20-18-27/h8-15,26-27H,3-7,16-20H2,1-2H3. The lowest BCUT2D eigenvalue weighted by Crippen LogP contribution is -2.27. The van der Waals surface area contributed by atoms with E-state index < -0.39 is 0 Å². The molecule has 2 aromatic carbocycles. The fourth-order valence-electron chi connectivity index (χ4n) is 3.96. The van der Waals surface area contributed by atoms with Crippen molar-refractivity contribution in [1.82, 2.24) is 0 Å². The zero-order chi connectivity index (χ0) is 21.0. The molecule has 0 bridgehead atoms. The Kier molecular flexibility index (Phi) is 10.0. The topological polar surface area (TPSA) is 58.9 Å². The highest BCUT2D eigenvalue weighted by atomic mass is 16.5. The van der Waals surface area contributed by atoms with E-state index in [0.717, 1.165) is 24.3 Å². The van der Waals surface area contributed by atoms with Crippen molar-refractivity contribution in [2.75, 3.05) is 26.4 Å². The van der Waals surface area contributed by atoms with Gasteiger partial charge in [0.1, 0.15) is 24.7 Å². The van der Waals surface area contributed by atoms with Gasteiger partial charge in [0.2, 0.25) is 0 Å². The molecule has 0 spiro atoms. The first-order chi connectivity index (χ1) is 14.2. The van der Waals surface area contributed by atoms with Crippen LogP contribution in [0.4, 0.5) is 0 Å². The van der Waals surface area contributed by atoms with Crippen LogP contribution < -0.4 is 9.47 Å². The first-order valence-corrected chi connectivity index (χ1v) is 10.9. The molecule has 0 unspecified atom stereocenters. The Hall–Kier alpha value is -2.04. The van der Waals surface area contributed by atoms with Crippen molar-refractivity contribution in [2.24, 2.45) is 0 Å². The zero-order valence-electron chi connectivity index (χ0n) is 17.9. The molecule has 0 aliphatic carbocycles. The third-order valence-electron chi connectivity index (χ3n) is 5.59. The van der Waals surface area contributed by atoms with Crippen LogP contribution >= 0.6 is 0 Å². The predicted octanol–water partition coefficient (Wildman–Crippen LogP) is 5.10. The van der Waals surface area contributed by atoms with Crippen LogP contribution in [0.1, 0.15) is 63.5 Å². The predicted molar refractivity (Wildman–Crippen MR) is 118 cm³/mol. The van der Waals surface area contributed by atoms with Gasteiger partial charge < -0.3 is 19.7 Å². The minimum atomic E-state index is -0.0568.